The molecule has 0 spiro atoms. The minimum absolute atomic E-state index is 0.182. The normalized spacial score (nSPS) is 10.2. The minimum Gasteiger partial charge on any atom is -0.503 e. The standard InChI is InChI=1S/C12H11NO2S/c14-11-6-10(7-13-12(11)15)16-8-9-4-2-1-3-5-9/h1-7,14H,8H2,(H,13,15). The number of nitrogens with zero attached hydrogens (tertiary/aromatic N) is 1. The van der Waals surface area contributed by atoms with Gasteiger partial charge in [-0.05, 0) is 5.56 Å². The minimum atomic E-state index is -0.330. The fraction of sp³-hybridized carbons (Fsp3) is 0.0833. The molecule has 0 fully saturated rings. The number of thioether (sulfide) groups is 1. The van der Waals surface area contributed by atoms with E-state index in [-0.39, 0.29) is 11.6 Å². The van der Waals surface area contributed by atoms with Crippen molar-refractivity contribution in [1.82, 2.24) is 4.98 Å². The predicted molar refractivity (Wildman–Crippen MR) is 63.6 cm³/mol. The van der Waals surface area contributed by atoms with E-state index in [4.69, 9.17) is 5.11 Å². The number of benzene rings is 1. The summed E-state index contributed by atoms with van der Waals surface area (Å²) < 4.78 is 0. The van der Waals surface area contributed by atoms with Gasteiger partial charge < -0.3 is 10.2 Å². The van der Waals surface area contributed by atoms with Gasteiger partial charge in [-0.3, -0.25) is 0 Å². The molecule has 0 radical (unpaired) electrons. The number of hydrogen-bond acceptors (Lipinski definition) is 4. The van der Waals surface area contributed by atoms with Crippen LogP contribution < -0.4 is 0 Å². The summed E-state index contributed by atoms with van der Waals surface area (Å²) in [5.74, 6) is 0.300. The van der Waals surface area contributed by atoms with Gasteiger partial charge in [0.1, 0.15) is 0 Å². The third-order valence-electron chi connectivity index (χ3n) is 2.07. The van der Waals surface area contributed by atoms with Crippen LogP contribution >= 0.6 is 11.8 Å². The van der Waals surface area contributed by atoms with Gasteiger partial charge >= 0.3 is 0 Å². The maximum Gasteiger partial charge on any atom is 0.254 e. The molecule has 1 heterocycles. The third-order valence-corrected chi connectivity index (χ3v) is 3.10. The number of hydrogen-bond donors (Lipinski definition) is 2. The Kier molecular flexibility index (Phi) is 3.31. The Morgan fingerprint density at radius 2 is 1.88 bits per heavy atom. The summed E-state index contributed by atoms with van der Waals surface area (Å²) in [5.41, 5.74) is 1.21. The van der Waals surface area contributed by atoms with Crippen molar-refractivity contribution in [1.29, 1.82) is 0 Å². The average Bonchev–Trinajstić information content (AvgIpc) is 2.32. The van der Waals surface area contributed by atoms with Crippen molar-refractivity contribution in [2.45, 2.75) is 10.6 Å². The Hall–Kier alpha value is -1.68. The van der Waals surface area contributed by atoms with Crippen LogP contribution in [0.2, 0.25) is 0 Å². The van der Waals surface area contributed by atoms with Gasteiger partial charge in [-0.1, -0.05) is 30.3 Å². The third kappa shape index (κ3) is 2.67. The smallest absolute Gasteiger partial charge is 0.254 e. The second-order valence-corrected chi connectivity index (χ2v) is 4.34. The molecule has 0 saturated carbocycles. The zero-order valence-electron chi connectivity index (χ0n) is 8.50. The Labute approximate surface area is 97.8 Å². The van der Waals surface area contributed by atoms with Gasteiger partial charge in [-0.25, -0.2) is 4.98 Å². The van der Waals surface area contributed by atoms with Crippen LogP contribution in [-0.2, 0) is 5.75 Å². The molecule has 4 heteroatoms. The van der Waals surface area contributed by atoms with Gasteiger partial charge in [0, 0.05) is 22.9 Å². The lowest BCUT2D eigenvalue weighted by atomic mass is 10.2. The molecule has 16 heavy (non-hydrogen) atoms. The van der Waals surface area contributed by atoms with Crippen LogP contribution in [0.3, 0.4) is 0 Å². The molecule has 0 bridgehead atoms. The zero-order valence-corrected chi connectivity index (χ0v) is 9.31. The molecule has 2 rings (SSSR count). The van der Waals surface area contributed by atoms with Gasteiger partial charge in [0.15, 0.2) is 5.75 Å². The van der Waals surface area contributed by atoms with E-state index in [1.165, 1.54) is 11.6 Å². The lowest BCUT2D eigenvalue weighted by Gasteiger charge is -2.02. The van der Waals surface area contributed by atoms with Crippen LogP contribution in [-0.4, -0.2) is 15.2 Å². The highest BCUT2D eigenvalue weighted by Gasteiger charge is 2.02. The van der Waals surface area contributed by atoms with E-state index in [2.05, 4.69) is 4.98 Å². The molecule has 0 aliphatic heterocycles. The highest BCUT2D eigenvalue weighted by atomic mass is 32.2. The number of aromatic nitrogens is 1. The zero-order chi connectivity index (χ0) is 11.4. The van der Waals surface area contributed by atoms with Crippen molar-refractivity contribution in [3.63, 3.8) is 0 Å². The van der Waals surface area contributed by atoms with Crippen molar-refractivity contribution in [2.75, 3.05) is 0 Å². The average molecular weight is 233 g/mol. The van der Waals surface area contributed by atoms with E-state index in [0.29, 0.717) is 0 Å². The highest BCUT2D eigenvalue weighted by Crippen LogP contribution is 2.29. The molecule has 0 aliphatic rings. The van der Waals surface area contributed by atoms with Crippen molar-refractivity contribution >= 4 is 11.8 Å². The highest BCUT2D eigenvalue weighted by molar-refractivity contribution is 7.98. The first kappa shape index (κ1) is 10.8. The van der Waals surface area contributed by atoms with Crippen LogP contribution in [0, 0.1) is 0 Å². The largest absolute Gasteiger partial charge is 0.503 e. The van der Waals surface area contributed by atoms with E-state index >= 15 is 0 Å². The van der Waals surface area contributed by atoms with E-state index in [0.717, 1.165) is 10.6 Å². The van der Waals surface area contributed by atoms with Crippen LogP contribution in [0.4, 0.5) is 0 Å². The lowest BCUT2D eigenvalue weighted by Crippen LogP contribution is -1.81. The van der Waals surface area contributed by atoms with Gasteiger partial charge in [0.25, 0.3) is 5.88 Å². The van der Waals surface area contributed by atoms with Crippen molar-refractivity contribution in [3.05, 3.63) is 48.2 Å². The predicted octanol–water partition coefficient (Wildman–Crippen LogP) is 2.79. The summed E-state index contributed by atoms with van der Waals surface area (Å²) in [7, 11) is 0. The monoisotopic (exact) mass is 233 g/mol. The van der Waals surface area contributed by atoms with E-state index in [9.17, 15) is 5.11 Å². The summed E-state index contributed by atoms with van der Waals surface area (Å²) >= 11 is 1.56. The van der Waals surface area contributed by atoms with Gasteiger partial charge in [-0.15, -0.1) is 11.8 Å². The van der Waals surface area contributed by atoms with Crippen molar-refractivity contribution in [2.24, 2.45) is 0 Å². The van der Waals surface area contributed by atoms with Crippen molar-refractivity contribution < 1.29 is 10.2 Å². The van der Waals surface area contributed by atoms with E-state index in [1.807, 2.05) is 30.3 Å². The molecule has 82 valence electrons. The molecule has 2 aromatic rings. The van der Waals surface area contributed by atoms with Crippen LogP contribution in [0.25, 0.3) is 0 Å². The molecule has 1 aromatic heterocycles. The van der Waals surface area contributed by atoms with Gasteiger partial charge in [-0.2, -0.15) is 0 Å². The maximum atomic E-state index is 9.27. The molecular formula is C12H11NO2S. The first-order valence-electron chi connectivity index (χ1n) is 4.80. The SMILES string of the molecule is Oc1cc(SCc2ccccc2)cnc1O. The topological polar surface area (TPSA) is 53.4 Å². The molecule has 3 nitrogen and oxygen atoms in total. The summed E-state index contributed by atoms with van der Waals surface area (Å²) in [6.07, 6.45) is 1.54. The summed E-state index contributed by atoms with van der Waals surface area (Å²) in [6.45, 7) is 0. The second-order valence-electron chi connectivity index (χ2n) is 3.29. The first-order valence-corrected chi connectivity index (χ1v) is 5.79. The number of rotatable bonds is 3. The Bertz CT molecular complexity index is 474. The van der Waals surface area contributed by atoms with Crippen molar-refractivity contribution in [3.8, 4) is 11.6 Å². The number of pyridine rings is 1. The maximum absolute atomic E-state index is 9.27. The summed E-state index contributed by atoms with van der Waals surface area (Å²) in [6, 6.07) is 11.5. The van der Waals surface area contributed by atoms with Crippen LogP contribution in [0.1, 0.15) is 5.56 Å². The molecule has 0 saturated heterocycles. The molecule has 0 aliphatic carbocycles. The van der Waals surface area contributed by atoms with Crippen LogP contribution in [0.5, 0.6) is 11.6 Å². The Morgan fingerprint density at radius 3 is 2.56 bits per heavy atom. The second kappa shape index (κ2) is 4.90. The number of aromatic hydroxyl groups is 2. The fourth-order valence-corrected chi connectivity index (χ4v) is 2.10. The fourth-order valence-electron chi connectivity index (χ4n) is 1.25. The quantitative estimate of drug-likeness (QED) is 0.800. The first-order chi connectivity index (χ1) is 7.75. The van der Waals surface area contributed by atoms with Crippen LogP contribution in [0.15, 0.2) is 47.5 Å². The molecule has 1 aromatic carbocycles. The Balaban J connectivity index is 2.03. The lowest BCUT2D eigenvalue weighted by molar-refractivity contribution is 0.387. The molecule has 0 unspecified atom stereocenters. The molecule has 2 N–H and O–H groups in total. The van der Waals surface area contributed by atoms with Gasteiger partial charge in [0.05, 0.1) is 0 Å². The molecule has 0 atom stereocenters. The Morgan fingerprint density at radius 1 is 1.12 bits per heavy atom. The summed E-state index contributed by atoms with van der Waals surface area (Å²) in [4.78, 5) is 4.51. The molecular weight excluding hydrogens is 222 g/mol. The van der Waals surface area contributed by atoms with Gasteiger partial charge in [0.2, 0.25) is 0 Å². The van der Waals surface area contributed by atoms with E-state index < -0.39 is 0 Å². The van der Waals surface area contributed by atoms with E-state index in [1.54, 1.807) is 18.0 Å². The molecule has 0 amide bonds. The summed E-state index contributed by atoms with van der Waals surface area (Å²) in [5, 5.41) is 18.3.